The Morgan fingerprint density at radius 2 is 2.05 bits per heavy atom. The fourth-order valence-corrected chi connectivity index (χ4v) is 3.68. The number of nitrogens with one attached hydrogen (secondary N) is 2. The predicted molar refractivity (Wildman–Crippen MR) is 78.0 cm³/mol. The zero-order chi connectivity index (χ0) is 15.6. The molecule has 1 rings (SSSR count). The maximum Gasteiger partial charge on any atom is 0.306 e. The summed E-state index contributed by atoms with van der Waals surface area (Å²) in [6.45, 7) is 6.25. The number of nitro groups is 1. The van der Waals surface area contributed by atoms with Crippen LogP contribution in [0.15, 0.2) is 10.3 Å². The Labute approximate surface area is 121 Å². The molecule has 0 saturated heterocycles. The number of hydrogen-bond acceptors (Lipinski definition) is 7. The number of sulfonamides is 1. The van der Waals surface area contributed by atoms with Crippen LogP contribution in [0.5, 0.6) is 0 Å². The molecule has 0 aliphatic heterocycles. The maximum absolute atomic E-state index is 12.0. The van der Waals surface area contributed by atoms with Gasteiger partial charge in [0, 0.05) is 12.6 Å². The van der Waals surface area contributed by atoms with E-state index in [1.807, 2.05) is 20.8 Å². The Hall–Kier alpha value is -1.23. The van der Waals surface area contributed by atoms with Crippen molar-refractivity contribution in [2.75, 3.05) is 12.0 Å². The molecule has 1 aromatic heterocycles. The zero-order valence-corrected chi connectivity index (χ0v) is 13.1. The van der Waals surface area contributed by atoms with E-state index < -0.39 is 14.9 Å². The van der Waals surface area contributed by atoms with E-state index in [0.29, 0.717) is 6.42 Å². The quantitative estimate of drug-likeness (QED) is 0.415. The summed E-state index contributed by atoms with van der Waals surface area (Å²) in [5.74, 6) is 5.14. The highest BCUT2D eigenvalue weighted by Gasteiger charge is 2.26. The standard InChI is InChI=1S/C10H18N4O4S2/c1-10(2,3)4-5-12-20(17,18)8-6-7(14(15)16)9(13-11)19-8/h6,12-13H,4-5,11H2,1-3H3. The number of thiophene rings is 1. The molecule has 0 amide bonds. The molecule has 114 valence electrons. The molecule has 10 heteroatoms. The summed E-state index contributed by atoms with van der Waals surface area (Å²) in [7, 11) is -3.76. The van der Waals surface area contributed by atoms with Gasteiger partial charge < -0.3 is 5.43 Å². The van der Waals surface area contributed by atoms with Crippen molar-refractivity contribution in [1.82, 2.24) is 4.72 Å². The van der Waals surface area contributed by atoms with Crippen molar-refractivity contribution in [3.63, 3.8) is 0 Å². The minimum atomic E-state index is -3.76. The highest BCUT2D eigenvalue weighted by molar-refractivity contribution is 7.91. The van der Waals surface area contributed by atoms with Gasteiger partial charge in [-0.15, -0.1) is 0 Å². The molecule has 0 fully saturated rings. The summed E-state index contributed by atoms with van der Waals surface area (Å²) in [4.78, 5) is 10.1. The molecule has 0 unspecified atom stereocenters. The van der Waals surface area contributed by atoms with Gasteiger partial charge in [0.2, 0.25) is 10.0 Å². The summed E-state index contributed by atoms with van der Waals surface area (Å²) in [5.41, 5.74) is 1.78. The first-order valence-electron chi connectivity index (χ1n) is 5.81. The number of nitrogens with two attached hydrogens (primary N) is 1. The molecule has 0 aromatic carbocycles. The smallest absolute Gasteiger partial charge is 0.306 e. The third kappa shape index (κ3) is 4.40. The van der Waals surface area contributed by atoms with Gasteiger partial charge in [-0.1, -0.05) is 32.1 Å². The van der Waals surface area contributed by atoms with Crippen molar-refractivity contribution < 1.29 is 13.3 Å². The molecule has 0 atom stereocenters. The van der Waals surface area contributed by atoms with Crippen molar-refractivity contribution >= 4 is 32.0 Å². The fourth-order valence-electron chi connectivity index (χ4n) is 1.36. The van der Waals surface area contributed by atoms with Crippen molar-refractivity contribution in [3.8, 4) is 0 Å². The van der Waals surface area contributed by atoms with Gasteiger partial charge in [-0.2, -0.15) is 0 Å². The summed E-state index contributed by atoms with van der Waals surface area (Å²) in [6, 6.07) is 0.999. The number of hydrogen-bond donors (Lipinski definition) is 3. The van der Waals surface area contributed by atoms with E-state index in [9.17, 15) is 18.5 Å². The molecule has 0 radical (unpaired) electrons. The van der Waals surface area contributed by atoms with Gasteiger partial charge >= 0.3 is 5.69 Å². The molecule has 0 bridgehead atoms. The van der Waals surface area contributed by atoms with Gasteiger partial charge in [0.1, 0.15) is 4.21 Å². The lowest BCUT2D eigenvalue weighted by Gasteiger charge is -2.17. The highest BCUT2D eigenvalue weighted by Crippen LogP contribution is 2.36. The second kappa shape index (κ2) is 6.04. The van der Waals surface area contributed by atoms with Crippen LogP contribution < -0.4 is 16.0 Å². The highest BCUT2D eigenvalue weighted by atomic mass is 32.2. The minimum absolute atomic E-state index is 0.00574. The Bertz CT molecular complexity index is 589. The molecule has 0 saturated carbocycles. The Kier molecular flexibility index (Phi) is 5.08. The van der Waals surface area contributed by atoms with Crippen LogP contribution in [0.1, 0.15) is 27.2 Å². The molecule has 0 aliphatic rings. The lowest BCUT2D eigenvalue weighted by Crippen LogP contribution is -2.26. The number of nitrogens with zero attached hydrogens (tertiary/aromatic N) is 1. The summed E-state index contributed by atoms with van der Waals surface area (Å²) in [6.07, 6.45) is 0.654. The van der Waals surface area contributed by atoms with E-state index in [2.05, 4.69) is 10.1 Å². The molecule has 0 aliphatic carbocycles. The Morgan fingerprint density at radius 1 is 1.45 bits per heavy atom. The van der Waals surface area contributed by atoms with Gasteiger partial charge in [0.25, 0.3) is 0 Å². The van der Waals surface area contributed by atoms with Crippen LogP contribution in [0.3, 0.4) is 0 Å². The second-order valence-electron chi connectivity index (χ2n) is 5.39. The topological polar surface area (TPSA) is 127 Å². The minimum Gasteiger partial charge on any atom is -0.310 e. The van der Waals surface area contributed by atoms with Crippen LogP contribution in [-0.4, -0.2) is 19.9 Å². The van der Waals surface area contributed by atoms with Crippen LogP contribution in [0.25, 0.3) is 0 Å². The van der Waals surface area contributed by atoms with E-state index in [-0.39, 0.29) is 26.9 Å². The summed E-state index contributed by atoms with van der Waals surface area (Å²) in [5, 5.41) is 10.8. The zero-order valence-electron chi connectivity index (χ0n) is 11.5. The van der Waals surface area contributed by atoms with Crippen LogP contribution in [0.2, 0.25) is 0 Å². The molecule has 8 nitrogen and oxygen atoms in total. The first kappa shape index (κ1) is 16.8. The SMILES string of the molecule is CC(C)(C)CCNS(=O)(=O)c1cc([N+](=O)[O-])c(NN)s1. The first-order valence-corrected chi connectivity index (χ1v) is 8.11. The van der Waals surface area contributed by atoms with Crippen LogP contribution >= 0.6 is 11.3 Å². The third-order valence-corrected chi connectivity index (χ3v) is 5.44. The molecule has 20 heavy (non-hydrogen) atoms. The normalized spacial score (nSPS) is 12.4. The predicted octanol–water partition coefficient (Wildman–Crippen LogP) is 1.66. The number of hydrazine groups is 1. The fraction of sp³-hybridized carbons (Fsp3) is 0.600. The summed E-state index contributed by atoms with van der Waals surface area (Å²) >= 11 is 0.724. The van der Waals surface area contributed by atoms with Crippen LogP contribution in [0.4, 0.5) is 10.7 Å². The van der Waals surface area contributed by atoms with Gasteiger partial charge in [0.15, 0.2) is 5.00 Å². The van der Waals surface area contributed by atoms with E-state index in [0.717, 1.165) is 17.4 Å². The monoisotopic (exact) mass is 322 g/mol. The average Bonchev–Trinajstić information content (AvgIpc) is 2.71. The van der Waals surface area contributed by atoms with Crippen LogP contribution in [-0.2, 0) is 10.0 Å². The van der Waals surface area contributed by atoms with E-state index in [4.69, 9.17) is 5.84 Å². The maximum atomic E-state index is 12.0. The largest absolute Gasteiger partial charge is 0.310 e. The summed E-state index contributed by atoms with van der Waals surface area (Å²) < 4.78 is 26.4. The van der Waals surface area contributed by atoms with Crippen molar-refractivity contribution in [1.29, 1.82) is 0 Å². The lowest BCUT2D eigenvalue weighted by molar-refractivity contribution is -0.383. The van der Waals surface area contributed by atoms with E-state index in [1.54, 1.807) is 0 Å². The average molecular weight is 322 g/mol. The molecular weight excluding hydrogens is 304 g/mol. The van der Waals surface area contributed by atoms with Gasteiger partial charge in [-0.25, -0.2) is 19.0 Å². The van der Waals surface area contributed by atoms with Gasteiger partial charge in [0.05, 0.1) is 4.92 Å². The molecule has 1 heterocycles. The van der Waals surface area contributed by atoms with E-state index >= 15 is 0 Å². The van der Waals surface area contributed by atoms with Crippen molar-refractivity contribution in [2.45, 2.75) is 31.4 Å². The number of anilines is 1. The lowest BCUT2D eigenvalue weighted by atomic mass is 9.93. The van der Waals surface area contributed by atoms with Gasteiger partial charge in [-0.05, 0) is 11.8 Å². The molecular formula is C10H18N4O4S2. The number of rotatable bonds is 6. The van der Waals surface area contributed by atoms with Gasteiger partial charge in [-0.3, -0.25) is 10.1 Å². The van der Waals surface area contributed by atoms with Crippen molar-refractivity contribution in [3.05, 3.63) is 16.2 Å². The first-order chi connectivity index (χ1) is 9.07. The van der Waals surface area contributed by atoms with Crippen LogP contribution in [0, 0.1) is 15.5 Å². The number of nitrogen functional groups attached to an aromatic ring is 1. The third-order valence-electron chi connectivity index (χ3n) is 2.45. The Balaban J connectivity index is 2.90. The second-order valence-corrected chi connectivity index (χ2v) is 8.44. The molecule has 1 aromatic rings. The Morgan fingerprint density at radius 3 is 2.45 bits per heavy atom. The molecule has 4 N–H and O–H groups in total. The molecule has 0 spiro atoms. The van der Waals surface area contributed by atoms with E-state index in [1.165, 1.54) is 0 Å². The van der Waals surface area contributed by atoms with Crippen molar-refractivity contribution in [2.24, 2.45) is 11.3 Å².